The lowest BCUT2D eigenvalue weighted by atomic mass is 9.98. The molecule has 2 aromatic carbocycles. The molecule has 1 saturated heterocycles. The summed E-state index contributed by atoms with van der Waals surface area (Å²) in [6.45, 7) is 2.91. The van der Waals surface area contributed by atoms with E-state index in [0.717, 1.165) is 62.9 Å². The minimum Gasteiger partial charge on any atom is -0.378 e. The van der Waals surface area contributed by atoms with Gasteiger partial charge in [-0.2, -0.15) is 0 Å². The van der Waals surface area contributed by atoms with Crippen LogP contribution < -0.4 is 5.73 Å². The molecule has 1 aliphatic rings. The maximum absolute atomic E-state index is 13.1. The lowest BCUT2D eigenvalue weighted by Gasteiger charge is -2.32. The predicted octanol–water partition coefficient (Wildman–Crippen LogP) is 3.86. The van der Waals surface area contributed by atoms with Crippen LogP contribution in [0.5, 0.6) is 0 Å². The maximum Gasteiger partial charge on any atom is 0.254 e. The van der Waals surface area contributed by atoms with E-state index in [1.54, 1.807) is 0 Å². The Morgan fingerprint density at radius 1 is 1.00 bits per heavy atom. The van der Waals surface area contributed by atoms with Crippen LogP contribution in [0.15, 0.2) is 54.6 Å². The van der Waals surface area contributed by atoms with Crippen molar-refractivity contribution in [1.29, 1.82) is 0 Å². The van der Waals surface area contributed by atoms with Gasteiger partial charge in [0, 0.05) is 25.3 Å². The smallest absolute Gasteiger partial charge is 0.254 e. The Morgan fingerprint density at radius 3 is 2.39 bits per heavy atom. The number of nitrogens with two attached hydrogens (primary N) is 1. The van der Waals surface area contributed by atoms with E-state index in [0.29, 0.717) is 6.54 Å². The standard InChI is InChI=1S/C23H30N2O2.ClH/c24-15-6-18-27-21-13-16-25(17-14-21)23(26)22-10-5-4-9-20(22)12-11-19-7-2-1-3-8-19;/h1-5,7-10,21H,6,11-18,24H2;1H. The highest BCUT2D eigenvalue weighted by molar-refractivity contribution is 5.95. The first kappa shape index (κ1) is 22.4. The summed E-state index contributed by atoms with van der Waals surface area (Å²) in [5.41, 5.74) is 8.79. The fraction of sp³-hybridized carbons (Fsp3) is 0.435. The summed E-state index contributed by atoms with van der Waals surface area (Å²) >= 11 is 0. The zero-order valence-corrected chi connectivity index (χ0v) is 17.2. The lowest BCUT2D eigenvalue weighted by molar-refractivity contribution is 0.00842. The number of benzene rings is 2. The molecule has 0 atom stereocenters. The van der Waals surface area contributed by atoms with E-state index < -0.39 is 0 Å². The number of hydrogen-bond donors (Lipinski definition) is 1. The highest BCUT2D eigenvalue weighted by Crippen LogP contribution is 2.19. The highest BCUT2D eigenvalue weighted by Gasteiger charge is 2.25. The third kappa shape index (κ3) is 6.33. The normalized spacial score (nSPS) is 14.5. The molecule has 3 rings (SSSR count). The molecule has 1 amide bonds. The van der Waals surface area contributed by atoms with Gasteiger partial charge in [-0.1, -0.05) is 48.5 Å². The van der Waals surface area contributed by atoms with Gasteiger partial charge in [-0.25, -0.2) is 0 Å². The van der Waals surface area contributed by atoms with E-state index in [2.05, 4.69) is 30.3 Å². The van der Waals surface area contributed by atoms with Crippen LogP contribution in [0.25, 0.3) is 0 Å². The Balaban J connectivity index is 0.00000280. The fourth-order valence-corrected chi connectivity index (χ4v) is 3.60. The zero-order chi connectivity index (χ0) is 18.9. The molecule has 152 valence electrons. The third-order valence-corrected chi connectivity index (χ3v) is 5.20. The second-order valence-corrected chi connectivity index (χ2v) is 7.15. The molecule has 0 saturated carbocycles. The molecule has 2 N–H and O–H groups in total. The van der Waals surface area contributed by atoms with Gasteiger partial charge >= 0.3 is 0 Å². The second kappa shape index (κ2) is 11.8. The average Bonchev–Trinajstić information content (AvgIpc) is 2.73. The average molecular weight is 403 g/mol. The molecule has 0 radical (unpaired) electrons. The van der Waals surface area contributed by atoms with Gasteiger partial charge < -0.3 is 15.4 Å². The Kier molecular flexibility index (Phi) is 9.48. The van der Waals surface area contributed by atoms with Crippen LogP contribution >= 0.6 is 12.4 Å². The molecule has 1 heterocycles. The molecule has 1 aliphatic heterocycles. The van der Waals surface area contributed by atoms with Crippen LogP contribution in [0.2, 0.25) is 0 Å². The van der Waals surface area contributed by atoms with Gasteiger partial charge in [0.05, 0.1) is 6.10 Å². The summed E-state index contributed by atoms with van der Waals surface area (Å²) in [6, 6.07) is 18.5. The van der Waals surface area contributed by atoms with Gasteiger partial charge in [0.15, 0.2) is 0 Å². The van der Waals surface area contributed by atoms with Crippen molar-refractivity contribution in [1.82, 2.24) is 4.90 Å². The first-order chi connectivity index (χ1) is 13.3. The van der Waals surface area contributed by atoms with Crippen molar-refractivity contribution < 1.29 is 9.53 Å². The highest BCUT2D eigenvalue weighted by atomic mass is 35.5. The van der Waals surface area contributed by atoms with E-state index in [1.165, 1.54) is 5.56 Å². The van der Waals surface area contributed by atoms with Crippen LogP contribution in [0.3, 0.4) is 0 Å². The number of piperidine rings is 1. The Bertz CT molecular complexity index is 716. The van der Waals surface area contributed by atoms with Gasteiger partial charge in [0.2, 0.25) is 0 Å². The van der Waals surface area contributed by atoms with Crippen molar-refractivity contribution in [3.63, 3.8) is 0 Å². The van der Waals surface area contributed by atoms with E-state index in [9.17, 15) is 4.79 Å². The minimum absolute atomic E-state index is 0. The van der Waals surface area contributed by atoms with Gasteiger partial charge in [-0.05, 0) is 55.8 Å². The van der Waals surface area contributed by atoms with Gasteiger partial charge in [-0.3, -0.25) is 4.79 Å². The second-order valence-electron chi connectivity index (χ2n) is 7.15. The minimum atomic E-state index is 0. The molecule has 2 aromatic rings. The molecule has 0 bridgehead atoms. The molecule has 0 spiro atoms. The predicted molar refractivity (Wildman–Crippen MR) is 116 cm³/mol. The number of amides is 1. The van der Waals surface area contributed by atoms with Crippen molar-refractivity contribution in [3.8, 4) is 0 Å². The Hall–Kier alpha value is -1.88. The van der Waals surface area contributed by atoms with E-state index in [1.807, 2.05) is 29.2 Å². The van der Waals surface area contributed by atoms with Crippen LogP contribution in [-0.2, 0) is 17.6 Å². The van der Waals surface area contributed by atoms with E-state index >= 15 is 0 Å². The summed E-state index contributed by atoms with van der Waals surface area (Å²) in [7, 11) is 0. The van der Waals surface area contributed by atoms with Gasteiger partial charge in [-0.15, -0.1) is 12.4 Å². The SMILES string of the molecule is Cl.NCCCOC1CCN(C(=O)c2ccccc2CCc2ccccc2)CC1. The monoisotopic (exact) mass is 402 g/mol. The largest absolute Gasteiger partial charge is 0.378 e. The molecule has 0 aromatic heterocycles. The molecule has 28 heavy (non-hydrogen) atoms. The number of halogens is 1. The molecule has 0 unspecified atom stereocenters. The number of carbonyl (C=O) groups is 1. The molecule has 1 fully saturated rings. The van der Waals surface area contributed by atoms with Crippen LogP contribution in [-0.4, -0.2) is 43.2 Å². The Morgan fingerprint density at radius 2 is 1.68 bits per heavy atom. The molecule has 5 heteroatoms. The number of rotatable bonds is 8. The molecular weight excluding hydrogens is 372 g/mol. The number of ether oxygens (including phenoxy) is 1. The zero-order valence-electron chi connectivity index (χ0n) is 16.4. The first-order valence-corrected chi connectivity index (χ1v) is 10.0. The van der Waals surface area contributed by atoms with Crippen LogP contribution in [0, 0.1) is 0 Å². The van der Waals surface area contributed by atoms with Crippen molar-refractivity contribution in [2.24, 2.45) is 5.73 Å². The topological polar surface area (TPSA) is 55.6 Å². The van der Waals surface area contributed by atoms with Crippen molar-refractivity contribution >= 4 is 18.3 Å². The van der Waals surface area contributed by atoms with E-state index in [4.69, 9.17) is 10.5 Å². The first-order valence-electron chi connectivity index (χ1n) is 10.0. The summed E-state index contributed by atoms with van der Waals surface area (Å²) in [5, 5.41) is 0. The molecule has 0 aliphatic carbocycles. The van der Waals surface area contributed by atoms with Crippen LogP contribution in [0.4, 0.5) is 0 Å². The summed E-state index contributed by atoms with van der Waals surface area (Å²) in [5.74, 6) is 0.152. The fourth-order valence-electron chi connectivity index (χ4n) is 3.60. The number of likely N-dealkylation sites (tertiary alicyclic amines) is 1. The van der Waals surface area contributed by atoms with Gasteiger partial charge in [0.25, 0.3) is 5.91 Å². The summed E-state index contributed by atoms with van der Waals surface area (Å²) < 4.78 is 5.85. The Labute approximate surface area is 174 Å². The number of hydrogen-bond acceptors (Lipinski definition) is 3. The summed E-state index contributed by atoms with van der Waals surface area (Å²) in [6.07, 6.45) is 4.79. The number of nitrogens with zero attached hydrogens (tertiary/aromatic N) is 1. The van der Waals surface area contributed by atoms with Crippen molar-refractivity contribution in [2.45, 2.75) is 38.2 Å². The van der Waals surface area contributed by atoms with Crippen molar-refractivity contribution in [2.75, 3.05) is 26.2 Å². The molecular formula is C23H31ClN2O2. The maximum atomic E-state index is 13.1. The van der Waals surface area contributed by atoms with Gasteiger partial charge in [0.1, 0.15) is 0 Å². The van der Waals surface area contributed by atoms with Crippen LogP contribution in [0.1, 0.15) is 40.7 Å². The quantitative estimate of drug-likeness (QED) is 0.682. The lowest BCUT2D eigenvalue weighted by Crippen LogP contribution is -2.41. The molecule has 4 nitrogen and oxygen atoms in total. The number of aryl methyl sites for hydroxylation is 2. The van der Waals surface area contributed by atoms with E-state index in [-0.39, 0.29) is 24.4 Å². The summed E-state index contributed by atoms with van der Waals surface area (Å²) in [4.78, 5) is 15.0. The van der Waals surface area contributed by atoms with Crippen molar-refractivity contribution in [3.05, 3.63) is 71.3 Å². The number of carbonyl (C=O) groups excluding carboxylic acids is 1. The third-order valence-electron chi connectivity index (χ3n) is 5.20.